The molecule has 0 spiro atoms. The molecule has 1 saturated heterocycles. The molecule has 0 aliphatic carbocycles. The van der Waals surface area contributed by atoms with Gasteiger partial charge < -0.3 is 16.0 Å². The maximum atomic E-state index is 12.3. The van der Waals surface area contributed by atoms with Gasteiger partial charge >= 0.3 is 0 Å². The molecule has 1 fully saturated rings. The number of nitrogen functional groups attached to an aromatic ring is 1. The molecule has 0 saturated carbocycles. The lowest BCUT2D eigenvalue weighted by Gasteiger charge is -2.20. The number of benzene rings is 2. The molecule has 0 radical (unpaired) electrons. The predicted molar refractivity (Wildman–Crippen MR) is 96.7 cm³/mol. The van der Waals surface area contributed by atoms with E-state index in [1.54, 1.807) is 24.3 Å². The number of amides is 1. The van der Waals surface area contributed by atoms with Crippen LogP contribution in [0.4, 0.5) is 17.1 Å². The normalized spacial score (nSPS) is 14.1. The van der Waals surface area contributed by atoms with Crippen LogP contribution in [0.15, 0.2) is 36.4 Å². The fourth-order valence-electron chi connectivity index (χ4n) is 2.72. The largest absolute Gasteiger partial charge is 0.397 e. The van der Waals surface area contributed by atoms with Crippen molar-refractivity contribution in [2.75, 3.05) is 29.0 Å². The monoisotopic (exact) mass is 349 g/mol. The number of hydrogen-bond acceptors (Lipinski definition) is 3. The van der Waals surface area contributed by atoms with Crippen LogP contribution in [0.1, 0.15) is 23.2 Å². The van der Waals surface area contributed by atoms with Gasteiger partial charge in [-0.25, -0.2) is 0 Å². The summed E-state index contributed by atoms with van der Waals surface area (Å²) < 4.78 is 0. The average molecular weight is 350 g/mol. The number of hydrogen-bond donors (Lipinski definition) is 2. The Bertz CT molecular complexity index is 743. The Morgan fingerprint density at radius 1 is 1.04 bits per heavy atom. The first kappa shape index (κ1) is 16.0. The van der Waals surface area contributed by atoms with Gasteiger partial charge in [-0.2, -0.15) is 0 Å². The summed E-state index contributed by atoms with van der Waals surface area (Å²) in [5.74, 6) is -0.253. The lowest BCUT2D eigenvalue weighted by Crippen LogP contribution is -2.19. The van der Waals surface area contributed by atoms with Crippen molar-refractivity contribution in [3.05, 3.63) is 52.0 Å². The van der Waals surface area contributed by atoms with Gasteiger partial charge in [0, 0.05) is 24.3 Å². The van der Waals surface area contributed by atoms with Crippen LogP contribution >= 0.6 is 23.2 Å². The van der Waals surface area contributed by atoms with Crippen molar-refractivity contribution in [1.29, 1.82) is 0 Å². The van der Waals surface area contributed by atoms with Gasteiger partial charge in [0.25, 0.3) is 5.91 Å². The number of carbonyl (C=O) groups is 1. The summed E-state index contributed by atoms with van der Waals surface area (Å²) >= 11 is 11.8. The van der Waals surface area contributed by atoms with E-state index in [4.69, 9.17) is 28.9 Å². The molecule has 2 aromatic carbocycles. The lowest BCUT2D eigenvalue weighted by molar-refractivity contribution is 0.102. The van der Waals surface area contributed by atoms with Gasteiger partial charge in [0.05, 0.1) is 21.4 Å². The smallest absolute Gasteiger partial charge is 0.255 e. The molecule has 1 amide bonds. The quantitative estimate of drug-likeness (QED) is 0.806. The molecular weight excluding hydrogens is 333 g/mol. The van der Waals surface area contributed by atoms with E-state index in [0.717, 1.165) is 18.8 Å². The Hall–Kier alpha value is -1.91. The second-order valence-corrected chi connectivity index (χ2v) is 6.37. The van der Waals surface area contributed by atoms with Crippen molar-refractivity contribution in [2.45, 2.75) is 12.8 Å². The Morgan fingerprint density at radius 3 is 2.43 bits per heavy atom. The molecule has 3 rings (SSSR count). The minimum absolute atomic E-state index is 0.253. The van der Waals surface area contributed by atoms with Crippen LogP contribution in [-0.4, -0.2) is 19.0 Å². The first-order chi connectivity index (χ1) is 11.0. The van der Waals surface area contributed by atoms with Crippen LogP contribution in [0, 0.1) is 0 Å². The van der Waals surface area contributed by atoms with Crippen molar-refractivity contribution in [3.63, 3.8) is 0 Å². The zero-order valence-corrected chi connectivity index (χ0v) is 14.0. The molecule has 6 heteroatoms. The number of nitrogens with one attached hydrogen (secondary N) is 1. The third-order valence-electron chi connectivity index (χ3n) is 3.91. The topological polar surface area (TPSA) is 58.4 Å². The average Bonchev–Trinajstić information content (AvgIpc) is 3.04. The zero-order valence-electron chi connectivity index (χ0n) is 12.5. The van der Waals surface area contributed by atoms with Crippen molar-refractivity contribution in [3.8, 4) is 0 Å². The number of rotatable bonds is 3. The molecule has 120 valence electrons. The highest BCUT2D eigenvalue weighted by atomic mass is 35.5. The second-order valence-electron chi connectivity index (χ2n) is 5.55. The molecule has 4 nitrogen and oxygen atoms in total. The lowest BCUT2D eigenvalue weighted by atomic mass is 10.2. The Balaban J connectivity index is 1.75. The molecular formula is C17H17Cl2N3O. The summed E-state index contributed by atoms with van der Waals surface area (Å²) in [5.41, 5.74) is 8.92. The Morgan fingerprint density at radius 2 is 1.78 bits per heavy atom. The minimum atomic E-state index is -0.253. The highest BCUT2D eigenvalue weighted by molar-refractivity contribution is 6.42. The molecule has 0 aromatic heterocycles. The number of anilines is 3. The first-order valence-electron chi connectivity index (χ1n) is 7.45. The SMILES string of the molecule is Nc1cc(NC(=O)c2ccc(Cl)c(Cl)c2)ccc1N1CCCC1. The Kier molecular flexibility index (Phi) is 4.64. The highest BCUT2D eigenvalue weighted by Gasteiger charge is 2.15. The van der Waals surface area contributed by atoms with Crippen molar-refractivity contribution in [2.24, 2.45) is 0 Å². The van der Waals surface area contributed by atoms with Gasteiger partial charge in [-0.15, -0.1) is 0 Å². The standard InChI is InChI=1S/C17H17Cl2N3O/c18-13-5-3-11(9-14(13)19)17(23)21-12-4-6-16(15(20)10-12)22-7-1-2-8-22/h3-6,9-10H,1-2,7-8,20H2,(H,21,23). The third kappa shape index (κ3) is 3.54. The molecule has 23 heavy (non-hydrogen) atoms. The summed E-state index contributed by atoms with van der Waals surface area (Å²) in [5, 5.41) is 3.59. The van der Waals surface area contributed by atoms with E-state index in [1.165, 1.54) is 12.8 Å². The van der Waals surface area contributed by atoms with Crippen LogP contribution < -0.4 is 16.0 Å². The Labute approximate surface area is 145 Å². The van der Waals surface area contributed by atoms with Gasteiger partial charge in [-0.3, -0.25) is 4.79 Å². The van der Waals surface area contributed by atoms with Gasteiger partial charge in [0.2, 0.25) is 0 Å². The molecule has 1 aliphatic rings. The van der Waals surface area contributed by atoms with E-state index in [1.807, 2.05) is 12.1 Å². The molecule has 0 bridgehead atoms. The molecule has 0 unspecified atom stereocenters. The van der Waals surface area contributed by atoms with E-state index < -0.39 is 0 Å². The summed E-state index contributed by atoms with van der Waals surface area (Å²) in [6.07, 6.45) is 2.38. The fourth-order valence-corrected chi connectivity index (χ4v) is 3.02. The van der Waals surface area contributed by atoms with E-state index in [-0.39, 0.29) is 5.91 Å². The number of carbonyl (C=O) groups excluding carboxylic acids is 1. The third-order valence-corrected chi connectivity index (χ3v) is 4.65. The number of nitrogens with zero attached hydrogens (tertiary/aromatic N) is 1. The summed E-state index contributed by atoms with van der Waals surface area (Å²) in [6, 6.07) is 10.4. The van der Waals surface area contributed by atoms with Crippen LogP contribution in [-0.2, 0) is 0 Å². The van der Waals surface area contributed by atoms with E-state index in [2.05, 4.69) is 10.2 Å². The fraction of sp³-hybridized carbons (Fsp3) is 0.235. The van der Waals surface area contributed by atoms with Crippen LogP contribution in [0.3, 0.4) is 0 Å². The summed E-state index contributed by atoms with van der Waals surface area (Å²) in [4.78, 5) is 14.5. The molecule has 1 heterocycles. The molecule has 3 N–H and O–H groups in total. The molecule has 2 aromatic rings. The van der Waals surface area contributed by atoms with Crippen LogP contribution in [0.25, 0.3) is 0 Å². The van der Waals surface area contributed by atoms with Gasteiger partial charge in [-0.05, 0) is 49.2 Å². The predicted octanol–water partition coefficient (Wildman–Crippen LogP) is 4.43. The van der Waals surface area contributed by atoms with Crippen LogP contribution in [0.2, 0.25) is 10.0 Å². The maximum absolute atomic E-state index is 12.3. The number of halogens is 2. The van der Waals surface area contributed by atoms with Crippen molar-refractivity contribution in [1.82, 2.24) is 0 Å². The summed E-state index contributed by atoms with van der Waals surface area (Å²) in [6.45, 7) is 2.05. The van der Waals surface area contributed by atoms with Crippen molar-refractivity contribution < 1.29 is 4.79 Å². The first-order valence-corrected chi connectivity index (χ1v) is 8.21. The van der Waals surface area contributed by atoms with Gasteiger partial charge in [0.1, 0.15) is 0 Å². The van der Waals surface area contributed by atoms with E-state index in [9.17, 15) is 4.79 Å². The van der Waals surface area contributed by atoms with Crippen LogP contribution in [0.5, 0.6) is 0 Å². The summed E-state index contributed by atoms with van der Waals surface area (Å²) in [7, 11) is 0. The van der Waals surface area contributed by atoms with E-state index in [0.29, 0.717) is 27.0 Å². The second kappa shape index (κ2) is 6.69. The molecule has 1 aliphatic heterocycles. The van der Waals surface area contributed by atoms with Gasteiger partial charge in [-0.1, -0.05) is 23.2 Å². The zero-order chi connectivity index (χ0) is 16.4. The molecule has 0 atom stereocenters. The maximum Gasteiger partial charge on any atom is 0.255 e. The number of nitrogens with two attached hydrogens (primary N) is 1. The van der Waals surface area contributed by atoms with Crippen molar-refractivity contribution >= 4 is 46.2 Å². The minimum Gasteiger partial charge on any atom is -0.397 e. The van der Waals surface area contributed by atoms with E-state index >= 15 is 0 Å². The van der Waals surface area contributed by atoms with Gasteiger partial charge in [0.15, 0.2) is 0 Å². The highest BCUT2D eigenvalue weighted by Crippen LogP contribution is 2.29.